The Balaban J connectivity index is 0.00000208. The van der Waals surface area contributed by atoms with E-state index in [1.54, 1.807) is 0 Å². The second-order valence-electron chi connectivity index (χ2n) is 6.22. The highest BCUT2D eigenvalue weighted by Gasteiger charge is 2.20. The molecule has 0 aromatic heterocycles. The van der Waals surface area contributed by atoms with Crippen molar-refractivity contribution in [2.75, 3.05) is 19.8 Å². The molecule has 2 aromatic rings. The molecule has 1 atom stereocenters. The minimum Gasteiger partial charge on any atom is -0.381 e. The number of hydrogen-bond acceptors (Lipinski definition) is 3. The van der Waals surface area contributed by atoms with Crippen LogP contribution in [0.3, 0.4) is 0 Å². The predicted molar refractivity (Wildman–Crippen MR) is 99.3 cm³/mol. The van der Waals surface area contributed by atoms with Gasteiger partial charge in [-0.1, -0.05) is 36.4 Å². The van der Waals surface area contributed by atoms with Crippen LogP contribution in [0.5, 0.6) is 0 Å². The van der Waals surface area contributed by atoms with Gasteiger partial charge in [-0.25, -0.2) is 0 Å². The molecule has 2 aromatic carbocycles. The van der Waals surface area contributed by atoms with Crippen molar-refractivity contribution in [3.8, 4) is 0 Å². The fourth-order valence-electron chi connectivity index (χ4n) is 3.17. The summed E-state index contributed by atoms with van der Waals surface area (Å²) in [6, 6.07) is 14.3. The number of halogens is 1. The van der Waals surface area contributed by atoms with Gasteiger partial charge in [0.05, 0.1) is 6.04 Å². The smallest absolute Gasteiger partial charge is 0.220 e. The Morgan fingerprint density at radius 3 is 2.58 bits per heavy atom. The van der Waals surface area contributed by atoms with Gasteiger partial charge in [-0.2, -0.15) is 0 Å². The van der Waals surface area contributed by atoms with E-state index in [1.165, 1.54) is 10.8 Å². The molecule has 130 valence electrons. The number of ether oxygens (including phenoxy) is 1. The molecule has 1 aliphatic heterocycles. The van der Waals surface area contributed by atoms with Crippen molar-refractivity contribution in [1.29, 1.82) is 0 Å². The molecular weight excluding hydrogens is 324 g/mol. The van der Waals surface area contributed by atoms with E-state index in [0.29, 0.717) is 18.9 Å². The van der Waals surface area contributed by atoms with Gasteiger partial charge in [0.1, 0.15) is 0 Å². The van der Waals surface area contributed by atoms with E-state index in [9.17, 15) is 4.79 Å². The molecule has 0 radical (unpaired) electrons. The third-order valence-corrected chi connectivity index (χ3v) is 4.56. The first-order valence-electron chi connectivity index (χ1n) is 8.32. The summed E-state index contributed by atoms with van der Waals surface area (Å²) in [6.45, 7) is 1.93. The van der Waals surface area contributed by atoms with Gasteiger partial charge < -0.3 is 15.8 Å². The highest BCUT2D eigenvalue weighted by atomic mass is 35.5. The number of nitrogens with two attached hydrogens (primary N) is 1. The van der Waals surface area contributed by atoms with E-state index in [0.717, 1.165) is 31.6 Å². The summed E-state index contributed by atoms with van der Waals surface area (Å²) in [4.78, 5) is 12.3. The highest BCUT2D eigenvalue weighted by Crippen LogP contribution is 2.22. The number of amides is 1. The molecule has 24 heavy (non-hydrogen) atoms. The lowest BCUT2D eigenvalue weighted by Crippen LogP contribution is -2.35. The van der Waals surface area contributed by atoms with Crippen LogP contribution in [0.2, 0.25) is 0 Å². The molecule has 1 saturated heterocycles. The fraction of sp³-hybridized carbons (Fsp3) is 0.421. The zero-order valence-corrected chi connectivity index (χ0v) is 14.6. The number of nitrogens with one attached hydrogen (secondary N) is 1. The number of benzene rings is 2. The van der Waals surface area contributed by atoms with Gasteiger partial charge >= 0.3 is 0 Å². The minimum absolute atomic E-state index is 0. The average Bonchev–Trinajstić information content (AvgIpc) is 2.60. The average molecular weight is 349 g/mol. The van der Waals surface area contributed by atoms with Crippen LogP contribution in [-0.4, -0.2) is 25.7 Å². The summed E-state index contributed by atoms with van der Waals surface area (Å²) < 4.78 is 5.34. The van der Waals surface area contributed by atoms with E-state index in [2.05, 4.69) is 35.6 Å². The quantitative estimate of drug-likeness (QED) is 0.872. The van der Waals surface area contributed by atoms with Crippen LogP contribution in [0.15, 0.2) is 42.5 Å². The number of carbonyl (C=O) groups excluding carboxylic acids is 1. The summed E-state index contributed by atoms with van der Waals surface area (Å²) in [5.74, 6) is 0.513. The van der Waals surface area contributed by atoms with E-state index in [1.807, 2.05) is 12.1 Å². The molecule has 0 aliphatic carbocycles. The number of rotatable bonds is 5. The van der Waals surface area contributed by atoms with Crippen LogP contribution in [-0.2, 0) is 9.53 Å². The Bertz CT molecular complexity index is 671. The SMILES string of the molecule is Cl.NCC(NC(=O)CC1CCOCC1)c1ccc2ccccc2c1. The summed E-state index contributed by atoms with van der Waals surface area (Å²) in [5.41, 5.74) is 6.96. The number of hydrogen-bond donors (Lipinski definition) is 2. The molecule has 0 saturated carbocycles. The third kappa shape index (κ3) is 4.69. The summed E-state index contributed by atoms with van der Waals surface area (Å²) >= 11 is 0. The van der Waals surface area contributed by atoms with Crippen molar-refractivity contribution in [3.63, 3.8) is 0 Å². The molecule has 0 spiro atoms. The first-order valence-corrected chi connectivity index (χ1v) is 8.32. The Hall–Kier alpha value is -1.62. The van der Waals surface area contributed by atoms with Gasteiger partial charge in [-0.05, 0) is 41.2 Å². The van der Waals surface area contributed by atoms with Crippen LogP contribution in [0, 0.1) is 5.92 Å². The molecular formula is C19H25ClN2O2. The van der Waals surface area contributed by atoms with Gasteiger partial charge in [-0.3, -0.25) is 4.79 Å². The van der Waals surface area contributed by atoms with Crippen LogP contribution in [0.4, 0.5) is 0 Å². The molecule has 1 unspecified atom stereocenters. The Morgan fingerprint density at radius 2 is 1.88 bits per heavy atom. The monoisotopic (exact) mass is 348 g/mol. The molecule has 1 heterocycles. The second-order valence-corrected chi connectivity index (χ2v) is 6.22. The van der Waals surface area contributed by atoms with Crippen molar-refractivity contribution < 1.29 is 9.53 Å². The lowest BCUT2D eigenvalue weighted by atomic mass is 9.95. The topological polar surface area (TPSA) is 64.3 Å². The first-order chi connectivity index (χ1) is 11.3. The van der Waals surface area contributed by atoms with Gasteiger partial charge in [0.25, 0.3) is 0 Å². The van der Waals surface area contributed by atoms with Crippen LogP contribution in [0.25, 0.3) is 10.8 Å². The lowest BCUT2D eigenvalue weighted by Gasteiger charge is -2.23. The third-order valence-electron chi connectivity index (χ3n) is 4.56. The molecule has 3 N–H and O–H groups in total. The summed E-state index contributed by atoms with van der Waals surface area (Å²) in [7, 11) is 0. The van der Waals surface area contributed by atoms with Crippen molar-refractivity contribution >= 4 is 29.1 Å². The maximum Gasteiger partial charge on any atom is 0.220 e. The molecule has 1 fully saturated rings. The molecule has 0 bridgehead atoms. The van der Waals surface area contributed by atoms with Crippen molar-refractivity contribution in [2.45, 2.75) is 25.3 Å². The van der Waals surface area contributed by atoms with Crippen molar-refractivity contribution in [3.05, 3.63) is 48.0 Å². The molecule has 1 amide bonds. The fourth-order valence-corrected chi connectivity index (χ4v) is 3.17. The first kappa shape index (κ1) is 18.7. The normalized spacial score (nSPS) is 16.4. The van der Waals surface area contributed by atoms with Gasteiger partial charge in [-0.15, -0.1) is 12.4 Å². The minimum atomic E-state index is -0.132. The predicted octanol–water partition coefficient (Wildman–Crippen LogP) is 3.19. The zero-order chi connectivity index (χ0) is 16.1. The maximum absolute atomic E-state index is 12.3. The van der Waals surface area contributed by atoms with Crippen LogP contribution >= 0.6 is 12.4 Å². The van der Waals surface area contributed by atoms with E-state index < -0.39 is 0 Å². The Morgan fingerprint density at radius 1 is 1.17 bits per heavy atom. The molecule has 1 aliphatic rings. The van der Waals surface area contributed by atoms with Gasteiger partial charge in [0, 0.05) is 26.2 Å². The van der Waals surface area contributed by atoms with Crippen molar-refractivity contribution in [1.82, 2.24) is 5.32 Å². The summed E-state index contributed by atoms with van der Waals surface area (Å²) in [6.07, 6.45) is 2.50. The van der Waals surface area contributed by atoms with Gasteiger partial charge in [0.2, 0.25) is 5.91 Å². The number of fused-ring (bicyclic) bond motifs is 1. The van der Waals surface area contributed by atoms with Gasteiger partial charge in [0.15, 0.2) is 0 Å². The lowest BCUT2D eigenvalue weighted by molar-refractivity contribution is -0.123. The van der Waals surface area contributed by atoms with Crippen LogP contribution in [0.1, 0.15) is 30.9 Å². The maximum atomic E-state index is 12.3. The Kier molecular flexibility index (Phi) is 7.03. The van der Waals surface area contributed by atoms with Crippen molar-refractivity contribution in [2.24, 2.45) is 11.7 Å². The van der Waals surface area contributed by atoms with E-state index in [4.69, 9.17) is 10.5 Å². The van der Waals surface area contributed by atoms with E-state index >= 15 is 0 Å². The largest absolute Gasteiger partial charge is 0.381 e. The standard InChI is InChI=1S/C19H24N2O2.ClH/c20-13-18(21-19(22)11-14-7-9-23-10-8-14)17-6-5-15-3-1-2-4-16(15)12-17;/h1-6,12,14,18H,7-11,13,20H2,(H,21,22);1H. The molecule has 5 heteroatoms. The molecule has 3 rings (SSSR count). The Labute approximate surface area is 149 Å². The highest BCUT2D eigenvalue weighted by molar-refractivity contribution is 5.85. The second kappa shape index (κ2) is 9.02. The van der Waals surface area contributed by atoms with Crippen LogP contribution < -0.4 is 11.1 Å². The summed E-state index contributed by atoms with van der Waals surface area (Å²) in [5, 5.41) is 5.45. The zero-order valence-electron chi connectivity index (χ0n) is 13.7. The number of carbonyl (C=O) groups is 1. The molecule has 4 nitrogen and oxygen atoms in total. The van der Waals surface area contributed by atoms with E-state index in [-0.39, 0.29) is 24.4 Å².